The van der Waals surface area contributed by atoms with Gasteiger partial charge in [-0.1, -0.05) is 37.3 Å². The maximum atomic E-state index is 12.8. The first kappa shape index (κ1) is 17.9. The van der Waals surface area contributed by atoms with Gasteiger partial charge in [-0.05, 0) is 41.7 Å². The number of likely N-dealkylation sites (tertiary alicyclic amines) is 1. The molecule has 1 aliphatic heterocycles. The van der Waals surface area contributed by atoms with E-state index in [-0.39, 0.29) is 17.3 Å². The number of carbonyl (C=O) groups excluding carboxylic acids is 1. The zero-order valence-electron chi connectivity index (χ0n) is 14.7. The quantitative estimate of drug-likeness (QED) is 0.842. The molecule has 1 aliphatic rings. The van der Waals surface area contributed by atoms with Crippen molar-refractivity contribution in [2.24, 2.45) is 5.92 Å². The second kappa shape index (κ2) is 7.14. The van der Waals surface area contributed by atoms with E-state index in [1.54, 1.807) is 23.1 Å². The molecular formula is C19H24N2O3S. The van der Waals surface area contributed by atoms with Gasteiger partial charge in [-0.2, -0.15) is 4.31 Å². The van der Waals surface area contributed by atoms with Crippen LogP contribution < -0.4 is 0 Å². The lowest BCUT2D eigenvalue weighted by Gasteiger charge is -2.32. The highest BCUT2D eigenvalue weighted by atomic mass is 32.2. The molecule has 2 aromatic carbocycles. The van der Waals surface area contributed by atoms with E-state index in [4.69, 9.17) is 0 Å². The highest BCUT2D eigenvalue weighted by molar-refractivity contribution is 7.89. The van der Waals surface area contributed by atoms with Crippen LogP contribution in [-0.2, 0) is 14.8 Å². The summed E-state index contributed by atoms with van der Waals surface area (Å²) in [4.78, 5) is 14.5. The van der Waals surface area contributed by atoms with Crippen molar-refractivity contribution in [3.05, 3.63) is 42.5 Å². The summed E-state index contributed by atoms with van der Waals surface area (Å²) in [7, 11) is -2.22. The molecule has 5 nitrogen and oxygen atoms in total. The number of piperidine rings is 1. The van der Waals surface area contributed by atoms with Crippen LogP contribution in [0.3, 0.4) is 0 Å². The maximum Gasteiger partial charge on any atom is 0.243 e. The number of hydrogen-bond donors (Lipinski definition) is 0. The molecule has 1 heterocycles. The zero-order chi connectivity index (χ0) is 18.0. The third-order valence-corrected chi connectivity index (χ3v) is 6.60. The van der Waals surface area contributed by atoms with E-state index in [0.717, 1.165) is 27.9 Å². The highest BCUT2D eigenvalue weighted by Crippen LogP contribution is 2.22. The first-order chi connectivity index (χ1) is 11.9. The molecule has 3 rings (SSSR count). The Morgan fingerprint density at radius 2 is 1.92 bits per heavy atom. The smallest absolute Gasteiger partial charge is 0.243 e. The van der Waals surface area contributed by atoms with E-state index in [9.17, 15) is 13.2 Å². The molecule has 1 saturated heterocycles. The summed E-state index contributed by atoms with van der Waals surface area (Å²) in [5.74, 6) is 0.346. The van der Waals surface area contributed by atoms with E-state index < -0.39 is 10.0 Å². The number of rotatable bonds is 4. The number of fused-ring (bicyclic) bond motifs is 1. The molecule has 0 bridgehead atoms. The molecule has 6 heteroatoms. The Labute approximate surface area is 149 Å². The number of hydrogen-bond acceptors (Lipinski definition) is 3. The van der Waals surface area contributed by atoms with Crippen LogP contribution >= 0.6 is 0 Å². The minimum absolute atomic E-state index is 0.123. The van der Waals surface area contributed by atoms with Gasteiger partial charge in [0.05, 0.1) is 11.4 Å². The molecule has 0 aromatic heterocycles. The van der Waals surface area contributed by atoms with Crippen molar-refractivity contribution in [3.8, 4) is 0 Å². The second-order valence-corrected chi connectivity index (χ2v) is 8.90. The maximum absolute atomic E-state index is 12.8. The molecule has 0 N–H and O–H groups in total. The van der Waals surface area contributed by atoms with Crippen LogP contribution in [0.15, 0.2) is 47.4 Å². The van der Waals surface area contributed by atoms with Gasteiger partial charge in [-0.3, -0.25) is 4.79 Å². The van der Waals surface area contributed by atoms with Gasteiger partial charge in [0, 0.05) is 20.1 Å². The summed E-state index contributed by atoms with van der Waals surface area (Å²) in [5, 5.41) is 1.86. The van der Waals surface area contributed by atoms with Gasteiger partial charge in [0.15, 0.2) is 0 Å². The summed E-state index contributed by atoms with van der Waals surface area (Å²) in [6, 6.07) is 12.7. The Kier molecular flexibility index (Phi) is 5.11. The van der Waals surface area contributed by atoms with E-state index >= 15 is 0 Å². The number of sulfonamides is 1. The standard InChI is InChI=1S/C19H24N2O3S/c1-15-6-5-11-21(13-15)19(22)14-20(2)25(23,24)18-10-9-16-7-3-4-8-17(16)12-18/h3-4,7-10,12,15H,5-6,11,13-14H2,1-2H3/t15-/m0/s1. The summed E-state index contributed by atoms with van der Waals surface area (Å²) in [6.07, 6.45) is 2.10. The summed E-state index contributed by atoms with van der Waals surface area (Å²) < 4.78 is 26.8. The third-order valence-electron chi connectivity index (χ3n) is 4.80. The zero-order valence-corrected chi connectivity index (χ0v) is 15.5. The molecule has 25 heavy (non-hydrogen) atoms. The van der Waals surface area contributed by atoms with Crippen molar-refractivity contribution in [2.75, 3.05) is 26.7 Å². The highest BCUT2D eigenvalue weighted by Gasteiger charge is 2.27. The van der Waals surface area contributed by atoms with Gasteiger partial charge in [0.1, 0.15) is 0 Å². The summed E-state index contributed by atoms with van der Waals surface area (Å²) in [5.41, 5.74) is 0. The lowest BCUT2D eigenvalue weighted by atomic mass is 10.0. The number of likely N-dealkylation sites (N-methyl/N-ethyl adjacent to an activating group) is 1. The number of benzene rings is 2. The average Bonchev–Trinajstić information content (AvgIpc) is 2.61. The third kappa shape index (κ3) is 3.85. The summed E-state index contributed by atoms with van der Waals surface area (Å²) >= 11 is 0. The van der Waals surface area contributed by atoms with E-state index in [1.807, 2.05) is 24.3 Å². The van der Waals surface area contributed by atoms with E-state index in [0.29, 0.717) is 19.0 Å². The normalized spacial score (nSPS) is 18.7. The Hall–Kier alpha value is -1.92. The van der Waals surface area contributed by atoms with Crippen molar-refractivity contribution in [3.63, 3.8) is 0 Å². The first-order valence-corrected chi connectivity index (χ1v) is 10.0. The minimum atomic E-state index is -3.69. The predicted molar refractivity (Wildman–Crippen MR) is 98.7 cm³/mol. The van der Waals surface area contributed by atoms with Crippen LogP contribution in [0, 0.1) is 5.92 Å². The first-order valence-electron chi connectivity index (χ1n) is 8.61. The fourth-order valence-electron chi connectivity index (χ4n) is 3.30. The van der Waals surface area contributed by atoms with Gasteiger partial charge in [0.2, 0.25) is 15.9 Å². The molecule has 0 spiro atoms. The van der Waals surface area contributed by atoms with Gasteiger partial charge in [0.25, 0.3) is 0 Å². The van der Waals surface area contributed by atoms with Crippen molar-refractivity contribution in [2.45, 2.75) is 24.7 Å². The van der Waals surface area contributed by atoms with E-state index in [1.165, 1.54) is 7.05 Å². The number of nitrogens with zero attached hydrogens (tertiary/aromatic N) is 2. The van der Waals surface area contributed by atoms with Gasteiger partial charge >= 0.3 is 0 Å². The van der Waals surface area contributed by atoms with Crippen molar-refractivity contribution in [1.82, 2.24) is 9.21 Å². The van der Waals surface area contributed by atoms with Crippen LogP contribution in [0.25, 0.3) is 10.8 Å². The van der Waals surface area contributed by atoms with Crippen molar-refractivity contribution >= 4 is 26.7 Å². The second-order valence-electron chi connectivity index (χ2n) is 6.86. The number of amides is 1. The molecule has 2 aromatic rings. The lowest BCUT2D eigenvalue weighted by molar-refractivity contribution is -0.132. The van der Waals surface area contributed by atoms with Gasteiger partial charge in [-0.25, -0.2) is 8.42 Å². The molecule has 0 aliphatic carbocycles. The van der Waals surface area contributed by atoms with Crippen molar-refractivity contribution in [1.29, 1.82) is 0 Å². The monoisotopic (exact) mass is 360 g/mol. The Balaban J connectivity index is 1.77. The van der Waals surface area contributed by atoms with Crippen LogP contribution in [0.1, 0.15) is 19.8 Å². The van der Waals surface area contributed by atoms with Gasteiger partial charge in [-0.15, -0.1) is 0 Å². The molecule has 0 unspecified atom stereocenters. The molecular weight excluding hydrogens is 336 g/mol. The molecule has 1 fully saturated rings. The molecule has 134 valence electrons. The Morgan fingerprint density at radius 3 is 2.64 bits per heavy atom. The molecule has 0 saturated carbocycles. The van der Waals surface area contributed by atoms with Crippen LogP contribution in [0.4, 0.5) is 0 Å². The summed E-state index contributed by atoms with van der Waals surface area (Å²) in [6.45, 7) is 3.42. The minimum Gasteiger partial charge on any atom is -0.341 e. The van der Waals surface area contributed by atoms with Crippen LogP contribution in [0.5, 0.6) is 0 Å². The average molecular weight is 360 g/mol. The Bertz CT molecular complexity index is 879. The molecule has 0 radical (unpaired) electrons. The van der Waals surface area contributed by atoms with E-state index in [2.05, 4.69) is 6.92 Å². The molecule has 1 atom stereocenters. The Morgan fingerprint density at radius 1 is 1.20 bits per heavy atom. The fraction of sp³-hybridized carbons (Fsp3) is 0.421. The van der Waals surface area contributed by atoms with Crippen LogP contribution in [0.2, 0.25) is 0 Å². The SMILES string of the molecule is C[C@H]1CCCN(C(=O)CN(C)S(=O)(=O)c2ccc3ccccc3c2)C1. The topological polar surface area (TPSA) is 57.7 Å². The van der Waals surface area contributed by atoms with Crippen molar-refractivity contribution < 1.29 is 13.2 Å². The van der Waals surface area contributed by atoms with Crippen LogP contribution in [-0.4, -0.2) is 50.2 Å². The number of carbonyl (C=O) groups is 1. The lowest BCUT2D eigenvalue weighted by Crippen LogP contribution is -2.45. The molecule has 1 amide bonds. The van der Waals surface area contributed by atoms with Gasteiger partial charge < -0.3 is 4.90 Å². The predicted octanol–water partition coefficient (Wildman–Crippen LogP) is 2.72. The largest absolute Gasteiger partial charge is 0.341 e. The fourth-order valence-corrected chi connectivity index (χ4v) is 4.46.